The summed E-state index contributed by atoms with van der Waals surface area (Å²) in [5, 5.41) is 9.71. The number of nitrogens with one attached hydrogen (secondary N) is 1. The van der Waals surface area contributed by atoms with E-state index in [1.807, 2.05) is 45.0 Å². The highest BCUT2D eigenvalue weighted by atomic mass is 32.1. The van der Waals surface area contributed by atoms with Crippen molar-refractivity contribution in [1.82, 2.24) is 18.9 Å². The summed E-state index contributed by atoms with van der Waals surface area (Å²) in [5.74, 6) is 1.01. The Hall–Kier alpha value is -2.91. The Morgan fingerprint density at radius 2 is 2.00 bits per heavy atom. The van der Waals surface area contributed by atoms with Crippen LogP contribution in [0.4, 0.5) is 5.13 Å². The second-order valence-electron chi connectivity index (χ2n) is 6.79. The molecule has 1 N–H and O–H groups in total. The van der Waals surface area contributed by atoms with Gasteiger partial charge in [-0.2, -0.15) is 9.36 Å². The molecule has 0 saturated carbocycles. The zero-order valence-corrected chi connectivity index (χ0v) is 17.8. The fourth-order valence-corrected chi connectivity index (χ4v) is 3.89. The van der Waals surface area contributed by atoms with Crippen LogP contribution in [-0.4, -0.2) is 24.9 Å². The van der Waals surface area contributed by atoms with Crippen LogP contribution in [0.25, 0.3) is 22.0 Å². The molecule has 0 aliphatic rings. The highest BCUT2D eigenvalue weighted by Crippen LogP contribution is 2.38. The third-order valence-electron chi connectivity index (χ3n) is 4.36. The predicted octanol–water partition coefficient (Wildman–Crippen LogP) is 4.69. The average Bonchev–Trinajstić information content (AvgIpc) is 3.34. The zero-order valence-electron chi connectivity index (χ0n) is 16.2. The molecule has 1 amide bonds. The van der Waals surface area contributed by atoms with Crippen molar-refractivity contribution in [1.29, 1.82) is 0 Å². The van der Waals surface area contributed by atoms with Crippen molar-refractivity contribution in [3.8, 4) is 17.0 Å². The van der Waals surface area contributed by atoms with E-state index in [-0.39, 0.29) is 18.4 Å². The van der Waals surface area contributed by atoms with Crippen LogP contribution in [-0.2, 0) is 11.4 Å². The molecule has 4 rings (SSSR count). The van der Waals surface area contributed by atoms with Crippen molar-refractivity contribution in [3.05, 3.63) is 47.1 Å². The van der Waals surface area contributed by atoms with Crippen molar-refractivity contribution in [2.75, 3.05) is 5.32 Å². The summed E-state index contributed by atoms with van der Waals surface area (Å²) in [6.07, 6.45) is 0. The van der Waals surface area contributed by atoms with Gasteiger partial charge in [0.05, 0.1) is 10.4 Å². The van der Waals surface area contributed by atoms with E-state index in [2.05, 4.69) is 36.4 Å². The lowest BCUT2D eigenvalue weighted by Gasteiger charge is -2.12. The number of anilines is 1. The second kappa shape index (κ2) is 8.22. The van der Waals surface area contributed by atoms with E-state index in [9.17, 15) is 4.79 Å². The molecule has 4 aromatic rings. The second-order valence-corrected chi connectivity index (χ2v) is 8.50. The molecule has 0 unspecified atom stereocenters. The molecular weight excluding hydrogens is 406 g/mol. The normalized spacial score (nSPS) is 11.2. The first-order valence-electron chi connectivity index (χ1n) is 9.10. The van der Waals surface area contributed by atoms with Gasteiger partial charge >= 0.3 is 0 Å². The van der Waals surface area contributed by atoms with Crippen LogP contribution in [0.2, 0.25) is 0 Å². The van der Waals surface area contributed by atoms with Crippen LogP contribution in [0.3, 0.4) is 0 Å². The molecule has 0 atom stereocenters. The zero-order chi connectivity index (χ0) is 20.4. The molecule has 2 aromatic carbocycles. The highest BCUT2D eigenvalue weighted by Gasteiger charge is 2.17. The van der Waals surface area contributed by atoms with Crippen LogP contribution >= 0.6 is 23.1 Å². The number of hydrogen-bond donors (Lipinski definition) is 1. The Morgan fingerprint density at radius 3 is 2.76 bits per heavy atom. The first-order valence-corrected chi connectivity index (χ1v) is 10.6. The topological polar surface area (TPSA) is 89.9 Å². The van der Waals surface area contributed by atoms with Gasteiger partial charge < -0.3 is 10.1 Å². The lowest BCUT2D eigenvalue weighted by atomic mass is 10.0. The van der Waals surface area contributed by atoms with Crippen LogP contribution < -0.4 is 10.1 Å². The van der Waals surface area contributed by atoms with Gasteiger partial charge in [-0.15, -0.1) is 5.10 Å². The lowest BCUT2D eigenvalue weighted by Crippen LogP contribution is -2.17. The number of fused-ring (bicyclic) bond motifs is 1. The Labute approximate surface area is 176 Å². The van der Waals surface area contributed by atoms with E-state index in [0.29, 0.717) is 16.7 Å². The Bertz CT molecular complexity index is 1170. The molecule has 0 radical (unpaired) electrons. The van der Waals surface area contributed by atoms with Crippen molar-refractivity contribution in [2.45, 2.75) is 27.4 Å². The van der Waals surface area contributed by atoms with Crippen molar-refractivity contribution >= 4 is 44.9 Å². The average molecular weight is 426 g/mol. The summed E-state index contributed by atoms with van der Waals surface area (Å²) < 4.78 is 14.4. The lowest BCUT2D eigenvalue weighted by molar-refractivity contribution is -0.118. The van der Waals surface area contributed by atoms with E-state index in [4.69, 9.17) is 4.74 Å². The molecule has 9 heteroatoms. The van der Waals surface area contributed by atoms with Crippen LogP contribution in [0.1, 0.15) is 24.5 Å². The quantitative estimate of drug-likeness (QED) is 0.482. The van der Waals surface area contributed by atoms with Crippen molar-refractivity contribution < 1.29 is 9.53 Å². The first-order chi connectivity index (χ1) is 14.0. The molecule has 148 valence electrons. The summed E-state index contributed by atoms with van der Waals surface area (Å²) in [6.45, 7) is 5.85. The van der Waals surface area contributed by atoms with Gasteiger partial charge in [-0.05, 0) is 35.3 Å². The standard InChI is InChI=1S/C20H19N5O2S2/c1-11(2)19(26)22-20-21-16(24-29-20)10-27-15-9-8-13-6-4-5-7-14(13)17(15)18-12(3)28-25-23-18/h4-9,11H,10H2,1-3H3,(H,21,22,24,26). The third-order valence-corrected chi connectivity index (χ3v) is 5.66. The minimum Gasteiger partial charge on any atom is -0.485 e. The summed E-state index contributed by atoms with van der Waals surface area (Å²) in [4.78, 5) is 17.2. The van der Waals surface area contributed by atoms with Gasteiger partial charge in [-0.3, -0.25) is 4.79 Å². The van der Waals surface area contributed by atoms with Gasteiger partial charge in [0.2, 0.25) is 11.0 Å². The highest BCUT2D eigenvalue weighted by molar-refractivity contribution is 7.09. The first kappa shape index (κ1) is 19.4. The molecule has 29 heavy (non-hydrogen) atoms. The number of aryl methyl sites for hydroxylation is 1. The van der Waals surface area contributed by atoms with Gasteiger partial charge in [0.25, 0.3) is 0 Å². The predicted molar refractivity (Wildman–Crippen MR) is 115 cm³/mol. The summed E-state index contributed by atoms with van der Waals surface area (Å²) in [5.41, 5.74) is 1.73. The molecule has 0 fully saturated rings. The van der Waals surface area contributed by atoms with E-state index >= 15 is 0 Å². The van der Waals surface area contributed by atoms with Crippen molar-refractivity contribution in [3.63, 3.8) is 0 Å². The maximum absolute atomic E-state index is 11.8. The van der Waals surface area contributed by atoms with Gasteiger partial charge in [0, 0.05) is 17.5 Å². The smallest absolute Gasteiger partial charge is 0.228 e. The molecule has 0 bridgehead atoms. The largest absolute Gasteiger partial charge is 0.485 e. The van der Waals surface area contributed by atoms with Crippen LogP contribution in [0, 0.1) is 12.8 Å². The molecule has 0 spiro atoms. The Morgan fingerprint density at radius 1 is 1.17 bits per heavy atom. The number of hydrogen-bond acceptors (Lipinski definition) is 8. The molecule has 0 aliphatic carbocycles. The Kier molecular flexibility index (Phi) is 5.50. The van der Waals surface area contributed by atoms with E-state index in [0.717, 1.165) is 38.4 Å². The molecule has 7 nitrogen and oxygen atoms in total. The minimum absolute atomic E-state index is 0.0862. The molecule has 0 aliphatic heterocycles. The third kappa shape index (κ3) is 4.10. The van der Waals surface area contributed by atoms with E-state index in [1.54, 1.807) is 0 Å². The van der Waals surface area contributed by atoms with Crippen LogP contribution in [0.15, 0.2) is 36.4 Å². The maximum atomic E-state index is 11.8. The SMILES string of the molecule is Cc1snnc1-c1c(OCc2nsc(NC(=O)C(C)C)n2)ccc2ccccc12. The Balaban J connectivity index is 1.61. The molecular formula is C20H19N5O2S2. The number of rotatable bonds is 6. The summed E-state index contributed by atoms with van der Waals surface area (Å²) >= 11 is 2.51. The summed E-state index contributed by atoms with van der Waals surface area (Å²) in [6, 6.07) is 12.1. The van der Waals surface area contributed by atoms with Gasteiger partial charge in [-0.1, -0.05) is 48.7 Å². The van der Waals surface area contributed by atoms with Crippen molar-refractivity contribution in [2.24, 2.45) is 5.92 Å². The molecule has 0 saturated heterocycles. The number of carbonyl (C=O) groups excluding carboxylic acids is 1. The van der Waals surface area contributed by atoms with E-state index in [1.165, 1.54) is 11.5 Å². The number of nitrogens with zero attached hydrogens (tertiary/aromatic N) is 4. The molecule has 2 heterocycles. The van der Waals surface area contributed by atoms with Gasteiger partial charge in [0.1, 0.15) is 18.1 Å². The maximum Gasteiger partial charge on any atom is 0.228 e. The number of amides is 1. The number of carbonyl (C=O) groups is 1. The number of ether oxygens (including phenoxy) is 1. The fourth-order valence-electron chi connectivity index (χ4n) is 2.83. The number of benzene rings is 2. The van der Waals surface area contributed by atoms with E-state index < -0.39 is 0 Å². The van der Waals surface area contributed by atoms with Gasteiger partial charge in [-0.25, -0.2) is 0 Å². The van der Waals surface area contributed by atoms with Gasteiger partial charge in [0.15, 0.2) is 5.82 Å². The van der Waals surface area contributed by atoms with Crippen LogP contribution in [0.5, 0.6) is 5.75 Å². The fraction of sp³-hybridized carbons (Fsp3) is 0.250. The monoisotopic (exact) mass is 425 g/mol. The molecule has 2 aromatic heterocycles. The number of aromatic nitrogens is 4. The summed E-state index contributed by atoms with van der Waals surface area (Å²) in [7, 11) is 0. The minimum atomic E-state index is -0.117.